The van der Waals surface area contributed by atoms with Crippen molar-refractivity contribution in [1.29, 1.82) is 0 Å². The molecular weight excluding hydrogens is 214 g/mol. The molecule has 0 saturated carbocycles. The molecule has 100 valence electrons. The number of hydrogen-bond acceptors (Lipinski definition) is 3. The van der Waals surface area contributed by atoms with E-state index in [1.165, 1.54) is 0 Å². The highest BCUT2D eigenvalue weighted by Gasteiger charge is 2.38. The molecule has 0 spiro atoms. The highest BCUT2D eigenvalue weighted by molar-refractivity contribution is 5.78. The Morgan fingerprint density at radius 3 is 2.59 bits per heavy atom. The van der Waals surface area contributed by atoms with Gasteiger partial charge in [-0.3, -0.25) is 9.69 Å². The predicted octanol–water partition coefficient (Wildman–Crippen LogP) is 1.10. The minimum Gasteiger partial charge on any atom is -0.353 e. The Balaban J connectivity index is 2.17. The van der Waals surface area contributed by atoms with Crippen LogP contribution in [0.25, 0.3) is 0 Å². The zero-order valence-electron chi connectivity index (χ0n) is 11.5. The lowest BCUT2D eigenvalue weighted by Gasteiger charge is -2.47. The van der Waals surface area contributed by atoms with E-state index in [1.807, 2.05) is 0 Å². The van der Waals surface area contributed by atoms with E-state index in [1.54, 1.807) is 0 Å². The van der Waals surface area contributed by atoms with Crippen molar-refractivity contribution in [2.75, 3.05) is 19.6 Å². The maximum atomic E-state index is 11.7. The van der Waals surface area contributed by atoms with Crippen LogP contribution >= 0.6 is 0 Å². The number of carbonyl (C=O) groups excluding carboxylic acids is 1. The fourth-order valence-corrected chi connectivity index (χ4v) is 2.64. The van der Waals surface area contributed by atoms with Gasteiger partial charge in [-0.2, -0.15) is 0 Å². The minimum absolute atomic E-state index is 0.0376. The zero-order chi connectivity index (χ0) is 12.9. The molecule has 4 heteroatoms. The number of carbonyl (C=O) groups is 1. The van der Waals surface area contributed by atoms with E-state index in [9.17, 15) is 4.79 Å². The fraction of sp³-hybridized carbons (Fsp3) is 0.923. The average molecular weight is 241 g/mol. The van der Waals surface area contributed by atoms with Crippen molar-refractivity contribution in [1.82, 2.24) is 10.2 Å². The summed E-state index contributed by atoms with van der Waals surface area (Å²) in [5.41, 5.74) is 6.12. The van der Waals surface area contributed by atoms with Crippen LogP contribution in [0.1, 0.15) is 46.5 Å². The normalized spacial score (nSPS) is 20.7. The quantitative estimate of drug-likeness (QED) is 0.702. The Morgan fingerprint density at radius 1 is 1.41 bits per heavy atom. The van der Waals surface area contributed by atoms with Gasteiger partial charge in [-0.15, -0.1) is 0 Å². The summed E-state index contributed by atoms with van der Waals surface area (Å²) >= 11 is 0. The molecule has 4 nitrogen and oxygen atoms in total. The highest BCUT2D eigenvalue weighted by Crippen LogP contribution is 2.22. The second-order valence-corrected chi connectivity index (χ2v) is 5.51. The number of likely N-dealkylation sites (tertiary alicyclic amines) is 1. The van der Waals surface area contributed by atoms with E-state index in [0.29, 0.717) is 6.54 Å². The largest absolute Gasteiger partial charge is 0.353 e. The molecule has 0 aromatic heterocycles. The van der Waals surface area contributed by atoms with Crippen molar-refractivity contribution in [3.05, 3.63) is 0 Å². The van der Waals surface area contributed by atoms with E-state index in [-0.39, 0.29) is 17.5 Å². The van der Waals surface area contributed by atoms with E-state index < -0.39 is 0 Å². The van der Waals surface area contributed by atoms with Gasteiger partial charge >= 0.3 is 0 Å². The van der Waals surface area contributed by atoms with Gasteiger partial charge in [-0.05, 0) is 19.8 Å². The van der Waals surface area contributed by atoms with Crippen molar-refractivity contribution in [3.63, 3.8) is 0 Å². The smallest absolute Gasteiger partial charge is 0.234 e. The highest BCUT2D eigenvalue weighted by atomic mass is 16.2. The van der Waals surface area contributed by atoms with Crippen molar-refractivity contribution in [2.45, 2.75) is 58.0 Å². The van der Waals surface area contributed by atoms with Gasteiger partial charge in [0.05, 0.1) is 6.54 Å². The minimum atomic E-state index is -0.0376. The molecule has 1 saturated heterocycles. The maximum Gasteiger partial charge on any atom is 0.234 e. The number of amides is 1. The third-order valence-corrected chi connectivity index (χ3v) is 3.32. The molecule has 1 unspecified atom stereocenters. The Morgan fingerprint density at radius 2 is 2.06 bits per heavy atom. The molecule has 0 aromatic rings. The van der Waals surface area contributed by atoms with Crippen LogP contribution in [0.4, 0.5) is 0 Å². The second kappa shape index (κ2) is 6.36. The molecule has 0 radical (unpaired) electrons. The second-order valence-electron chi connectivity index (χ2n) is 5.51. The lowest BCUT2D eigenvalue weighted by atomic mass is 9.86. The van der Waals surface area contributed by atoms with E-state index in [2.05, 4.69) is 31.0 Å². The summed E-state index contributed by atoms with van der Waals surface area (Å²) < 4.78 is 0. The average Bonchev–Trinajstić information content (AvgIpc) is 2.15. The van der Waals surface area contributed by atoms with Gasteiger partial charge in [-0.1, -0.05) is 26.7 Å². The Kier molecular flexibility index (Phi) is 5.40. The monoisotopic (exact) mass is 241 g/mol. The summed E-state index contributed by atoms with van der Waals surface area (Å²) in [6, 6.07) is 0.284. The molecule has 3 N–H and O–H groups in total. The first-order chi connectivity index (χ1) is 7.99. The topological polar surface area (TPSA) is 58.4 Å². The molecule has 1 fully saturated rings. The molecule has 17 heavy (non-hydrogen) atoms. The van der Waals surface area contributed by atoms with Gasteiger partial charge in [-0.25, -0.2) is 0 Å². The van der Waals surface area contributed by atoms with Crippen LogP contribution < -0.4 is 11.1 Å². The van der Waals surface area contributed by atoms with Crippen molar-refractivity contribution >= 4 is 5.91 Å². The number of nitrogens with two attached hydrogens (primary N) is 1. The van der Waals surface area contributed by atoms with Gasteiger partial charge in [0.1, 0.15) is 0 Å². The van der Waals surface area contributed by atoms with Gasteiger partial charge in [0.25, 0.3) is 0 Å². The summed E-state index contributed by atoms with van der Waals surface area (Å²) in [6.07, 6.45) is 4.32. The summed E-state index contributed by atoms with van der Waals surface area (Å²) in [5, 5.41) is 3.02. The first-order valence-electron chi connectivity index (χ1n) is 6.79. The van der Waals surface area contributed by atoms with Crippen LogP contribution in [0.15, 0.2) is 0 Å². The summed E-state index contributed by atoms with van der Waals surface area (Å²) in [5.74, 6) is 0.129. The molecule has 1 aliphatic rings. The van der Waals surface area contributed by atoms with E-state index in [4.69, 9.17) is 5.73 Å². The molecule has 0 aliphatic carbocycles. The molecule has 1 atom stereocenters. The van der Waals surface area contributed by atoms with Crippen LogP contribution in [0.3, 0.4) is 0 Å². The third-order valence-electron chi connectivity index (χ3n) is 3.32. The van der Waals surface area contributed by atoms with E-state index >= 15 is 0 Å². The molecule has 0 bridgehead atoms. The number of nitrogens with zero attached hydrogens (tertiary/aromatic N) is 1. The van der Waals surface area contributed by atoms with Crippen LogP contribution in [-0.2, 0) is 4.79 Å². The van der Waals surface area contributed by atoms with Crippen molar-refractivity contribution in [3.8, 4) is 0 Å². The molecule has 1 heterocycles. The molecule has 1 aliphatic heterocycles. The van der Waals surface area contributed by atoms with E-state index in [0.717, 1.165) is 38.8 Å². The molecule has 0 aromatic carbocycles. The lowest BCUT2D eigenvalue weighted by molar-refractivity contribution is -0.124. The van der Waals surface area contributed by atoms with Crippen molar-refractivity contribution in [2.24, 2.45) is 5.73 Å². The fourth-order valence-electron chi connectivity index (χ4n) is 2.64. The van der Waals surface area contributed by atoms with Crippen LogP contribution in [0.2, 0.25) is 0 Å². The molecule has 1 rings (SSSR count). The molecular formula is C13H27N3O. The Bertz CT molecular complexity index is 249. The third kappa shape index (κ3) is 4.64. The summed E-state index contributed by atoms with van der Waals surface area (Å²) in [4.78, 5) is 13.8. The van der Waals surface area contributed by atoms with Gasteiger partial charge in [0.2, 0.25) is 5.91 Å². The number of nitrogens with one attached hydrogen (secondary N) is 1. The SMILES string of the molecule is CCCC(C)NC(=O)CN1CC(N)(CCC)C1. The lowest BCUT2D eigenvalue weighted by Crippen LogP contribution is -2.68. The van der Waals surface area contributed by atoms with Gasteiger partial charge < -0.3 is 11.1 Å². The number of rotatable bonds is 7. The van der Waals surface area contributed by atoms with Crippen LogP contribution in [0, 0.1) is 0 Å². The van der Waals surface area contributed by atoms with Gasteiger partial charge in [0.15, 0.2) is 0 Å². The number of hydrogen-bond donors (Lipinski definition) is 2. The predicted molar refractivity (Wildman–Crippen MR) is 70.8 cm³/mol. The molecule has 1 amide bonds. The first kappa shape index (κ1) is 14.5. The zero-order valence-corrected chi connectivity index (χ0v) is 11.5. The standard InChI is InChI=1S/C13H27N3O/c1-4-6-11(3)15-12(17)8-16-9-13(14,10-16)7-5-2/h11H,4-10,14H2,1-3H3,(H,15,17). The summed E-state index contributed by atoms with van der Waals surface area (Å²) in [7, 11) is 0. The summed E-state index contributed by atoms with van der Waals surface area (Å²) in [6.45, 7) is 8.55. The maximum absolute atomic E-state index is 11.7. The first-order valence-corrected chi connectivity index (χ1v) is 6.79. The Hall–Kier alpha value is -0.610. The van der Waals surface area contributed by atoms with Crippen molar-refractivity contribution < 1.29 is 4.79 Å². The van der Waals surface area contributed by atoms with Crippen LogP contribution in [0.5, 0.6) is 0 Å². The Labute approximate surface area is 105 Å². The van der Waals surface area contributed by atoms with Crippen LogP contribution in [-0.4, -0.2) is 42.0 Å². The van der Waals surface area contributed by atoms with Gasteiger partial charge in [0, 0.05) is 24.7 Å².